The highest BCUT2D eigenvalue weighted by Crippen LogP contribution is 2.36. The molecular formula is C30H41F2N7O4SSi. The van der Waals surface area contributed by atoms with Gasteiger partial charge in [0, 0.05) is 37.3 Å². The minimum Gasteiger partial charge on any atom is -0.416 e. The van der Waals surface area contributed by atoms with E-state index in [2.05, 4.69) is 59.1 Å². The fourth-order valence-electron chi connectivity index (χ4n) is 5.20. The van der Waals surface area contributed by atoms with E-state index in [1.54, 1.807) is 0 Å². The molecule has 45 heavy (non-hydrogen) atoms. The molecule has 1 aromatic carbocycles. The quantitative estimate of drug-likeness (QED) is 0.226. The number of halogens is 2. The van der Waals surface area contributed by atoms with Crippen molar-refractivity contribution >= 4 is 46.4 Å². The lowest BCUT2D eigenvalue weighted by atomic mass is 10.1. The molecule has 1 fully saturated rings. The molecule has 0 atom stereocenters. The molecule has 4 heterocycles. The van der Waals surface area contributed by atoms with E-state index in [0.717, 1.165) is 23.6 Å². The summed E-state index contributed by atoms with van der Waals surface area (Å²) in [5.41, 5.74) is 1.24. The van der Waals surface area contributed by atoms with Crippen molar-refractivity contribution in [2.45, 2.75) is 77.2 Å². The number of imidazole rings is 1. The Balaban J connectivity index is 1.39. The number of pyridine rings is 1. The van der Waals surface area contributed by atoms with Crippen LogP contribution < -0.4 is 10.9 Å². The van der Waals surface area contributed by atoms with Crippen molar-refractivity contribution in [3.8, 4) is 0 Å². The molecule has 1 aliphatic rings. The highest BCUT2D eigenvalue weighted by Gasteiger charge is 2.36. The molecule has 244 valence electrons. The Bertz CT molecular complexity index is 1860. The number of alkyl halides is 2. The Morgan fingerprint density at radius 2 is 1.87 bits per heavy atom. The number of benzene rings is 1. The molecule has 0 bridgehead atoms. The van der Waals surface area contributed by atoms with Gasteiger partial charge >= 0.3 is 0 Å². The van der Waals surface area contributed by atoms with Gasteiger partial charge in [0.05, 0.1) is 29.4 Å². The Morgan fingerprint density at radius 3 is 2.51 bits per heavy atom. The summed E-state index contributed by atoms with van der Waals surface area (Å²) in [7, 11) is -5.13. The SMILES string of the molecule is CC(C)(C)[Si](C)(C)OCCc1ccc2nc(Cn3c(=O)c(C(F)F)cc4cnc(NC5CCN(S(C)(=O)=O)CC5)nc43)[nH]c2c1. The lowest BCUT2D eigenvalue weighted by molar-refractivity contribution is 0.149. The van der Waals surface area contributed by atoms with Gasteiger partial charge in [0.15, 0.2) is 8.32 Å². The van der Waals surface area contributed by atoms with Crippen molar-refractivity contribution in [2.24, 2.45) is 0 Å². The minimum absolute atomic E-state index is 0.0854. The van der Waals surface area contributed by atoms with Crippen LogP contribution in [0.2, 0.25) is 18.1 Å². The van der Waals surface area contributed by atoms with Crippen LogP contribution in [0.4, 0.5) is 14.7 Å². The molecule has 11 nitrogen and oxygen atoms in total. The number of piperidine rings is 1. The zero-order valence-corrected chi connectivity index (χ0v) is 28.3. The number of nitrogens with one attached hydrogen (secondary N) is 2. The molecular weight excluding hydrogens is 621 g/mol. The Labute approximate surface area is 262 Å². The number of hydrogen-bond donors (Lipinski definition) is 2. The monoisotopic (exact) mass is 661 g/mol. The van der Waals surface area contributed by atoms with Gasteiger partial charge in [0.2, 0.25) is 16.0 Å². The smallest absolute Gasteiger partial charge is 0.269 e. The molecule has 3 aromatic heterocycles. The van der Waals surface area contributed by atoms with Gasteiger partial charge in [-0.05, 0) is 61.2 Å². The van der Waals surface area contributed by atoms with E-state index in [1.165, 1.54) is 21.3 Å². The average Bonchev–Trinajstić information content (AvgIpc) is 3.35. The third-order valence-electron chi connectivity index (χ3n) is 8.91. The van der Waals surface area contributed by atoms with Crippen LogP contribution in [0, 0.1) is 0 Å². The zero-order valence-electron chi connectivity index (χ0n) is 26.5. The highest BCUT2D eigenvalue weighted by atomic mass is 32.2. The van der Waals surface area contributed by atoms with E-state index in [4.69, 9.17) is 4.43 Å². The number of hydrogen-bond acceptors (Lipinski definition) is 8. The number of aromatic nitrogens is 5. The van der Waals surface area contributed by atoms with Gasteiger partial charge in [-0.15, -0.1) is 0 Å². The summed E-state index contributed by atoms with van der Waals surface area (Å²) in [4.78, 5) is 30.0. The molecule has 4 aromatic rings. The minimum atomic E-state index is -3.27. The van der Waals surface area contributed by atoms with E-state index in [-0.39, 0.29) is 29.2 Å². The summed E-state index contributed by atoms with van der Waals surface area (Å²) in [6.45, 7) is 12.3. The van der Waals surface area contributed by atoms with Crippen molar-refractivity contribution in [1.29, 1.82) is 0 Å². The Hall–Kier alpha value is -3.27. The molecule has 5 rings (SSSR count). The van der Waals surface area contributed by atoms with E-state index < -0.39 is 35.9 Å². The molecule has 1 aliphatic heterocycles. The van der Waals surface area contributed by atoms with Crippen molar-refractivity contribution in [2.75, 3.05) is 31.3 Å². The predicted octanol–water partition coefficient (Wildman–Crippen LogP) is 5.05. The van der Waals surface area contributed by atoms with Crippen LogP contribution in [0.5, 0.6) is 0 Å². The van der Waals surface area contributed by atoms with E-state index in [9.17, 15) is 22.0 Å². The van der Waals surface area contributed by atoms with Crippen LogP contribution in [-0.2, 0) is 27.4 Å². The second kappa shape index (κ2) is 12.5. The van der Waals surface area contributed by atoms with Crippen LogP contribution in [-0.4, -0.2) is 77.5 Å². The summed E-state index contributed by atoms with van der Waals surface area (Å²) >= 11 is 0. The van der Waals surface area contributed by atoms with Crippen LogP contribution in [0.15, 0.2) is 35.3 Å². The fraction of sp³-hybridized carbons (Fsp3) is 0.533. The van der Waals surface area contributed by atoms with Crippen LogP contribution in [0.3, 0.4) is 0 Å². The average molecular weight is 662 g/mol. The van der Waals surface area contributed by atoms with Gasteiger partial charge in [-0.2, -0.15) is 4.98 Å². The zero-order chi connectivity index (χ0) is 32.7. The molecule has 1 saturated heterocycles. The fourth-order valence-corrected chi connectivity index (χ4v) is 7.12. The number of nitrogens with zero attached hydrogens (tertiary/aromatic N) is 5. The number of fused-ring (bicyclic) bond motifs is 2. The van der Waals surface area contributed by atoms with E-state index >= 15 is 0 Å². The first-order chi connectivity index (χ1) is 21.0. The first kappa shape index (κ1) is 33.1. The summed E-state index contributed by atoms with van der Waals surface area (Å²) in [6, 6.07) is 6.93. The molecule has 2 N–H and O–H groups in total. The molecule has 15 heteroatoms. The first-order valence-electron chi connectivity index (χ1n) is 15.0. The maximum Gasteiger partial charge on any atom is 0.269 e. The van der Waals surface area contributed by atoms with Crippen LogP contribution in [0.25, 0.3) is 22.1 Å². The van der Waals surface area contributed by atoms with Gasteiger partial charge in [0.1, 0.15) is 11.5 Å². The number of rotatable bonds is 10. The summed E-state index contributed by atoms with van der Waals surface area (Å²) in [5, 5.41) is 3.63. The van der Waals surface area contributed by atoms with Gasteiger partial charge < -0.3 is 14.7 Å². The van der Waals surface area contributed by atoms with Crippen molar-refractivity contribution in [3.63, 3.8) is 0 Å². The second-order valence-corrected chi connectivity index (χ2v) is 20.0. The third-order valence-corrected chi connectivity index (χ3v) is 14.8. The lowest BCUT2D eigenvalue weighted by Crippen LogP contribution is -2.42. The van der Waals surface area contributed by atoms with Gasteiger partial charge in [0.25, 0.3) is 12.0 Å². The Morgan fingerprint density at radius 1 is 1.16 bits per heavy atom. The summed E-state index contributed by atoms with van der Waals surface area (Å²) in [5.74, 6) is 0.656. The van der Waals surface area contributed by atoms with Gasteiger partial charge in [-0.3, -0.25) is 9.36 Å². The summed E-state index contributed by atoms with van der Waals surface area (Å²) in [6.07, 6.45) is 1.46. The standard InChI is InChI=1S/C30H41F2N7O4SSi/c1-30(2,3)45(5,6)43-14-11-19-7-8-23-24(15-19)36-25(35-23)18-39-27-20(16-22(26(31)32)28(39)40)17-33-29(37-27)34-21-9-12-38(13-10-21)44(4,41)42/h7-8,15-17,21,26H,9-14,18H2,1-6H3,(H,35,36)(H,33,34,37). The van der Waals surface area contributed by atoms with Crippen molar-refractivity contribution in [3.05, 3.63) is 57.8 Å². The maximum atomic E-state index is 13.9. The number of anilines is 1. The number of H-pyrrole nitrogens is 1. The summed E-state index contributed by atoms with van der Waals surface area (Å²) < 4.78 is 60.4. The molecule has 0 radical (unpaired) electrons. The van der Waals surface area contributed by atoms with E-state index in [1.807, 2.05) is 18.2 Å². The molecule has 0 unspecified atom stereocenters. The first-order valence-corrected chi connectivity index (χ1v) is 19.8. The molecule has 0 spiro atoms. The van der Waals surface area contributed by atoms with Crippen molar-refractivity contribution < 1.29 is 21.6 Å². The third kappa shape index (κ3) is 7.42. The number of sulfonamides is 1. The van der Waals surface area contributed by atoms with Gasteiger partial charge in [-0.25, -0.2) is 31.5 Å². The predicted molar refractivity (Wildman–Crippen MR) is 174 cm³/mol. The molecule has 0 saturated carbocycles. The molecule has 0 amide bonds. The second-order valence-electron chi connectivity index (χ2n) is 13.2. The normalized spacial score (nSPS) is 15.8. The largest absolute Gasteiger partial charge is 0.416 e. The van der Waals surface area contributed by atoms with Gasteiger partial charge in [-0.1, -0.05) is 26.8 Å². The Kier molecular flexibility index (Phi) is 9.19. The topological polar surface area (TPSA) is 135 Å². The number of aromatic amines is 1. The maximum absolute atomic E-state index is 13.9. The van der Waals surface area contributed by atoms with Crippen LogP contribution in [0.1, 0.15) is 57.0 Å². The molecule has 0 aliphatic carbocycles. The highest BCUT2D eigenvalue weighted by molar-refractivity contribution is 7.88. The van der Waals surface area contributed by atoms with Crippen molar-refractivity contribution in [1.82, 2.24) is 28.8 Å². The van der Waals surface area contributed by atoms with Crippen LogP contribution >= 0.6 is 0 Å². The van der Waals surface area contributed by atoms with E-state index in [0.29, 0.717) is 49.3 Å². The lowest BCUT2D eigenvalue weighted by Gasteiger charge is -2.36.